The van der Waals surface area contributed by atoms with Crippen molar-refractivity contribution in [2.45, 2.75) is 24.4 Å². The maximum absolute atomic E-state index is 14.7. The molecule has 0 N–H and O–H groups in total. The number of hydrogen-bond acceptors (Lipinski definition) is 3. The number of hydrogen-bond donors (Lipinski definition) is 0. The normalized spacial score (nSPS) is 19.5. The molecule has 0 bridgehead atoms. The fourth-order valence-electron chi connectivity index (χ4n) is 3.86. The first kappa shape index (κ1) is 21.7. The fraction of sp³-hybridized carbons (Fsp3) is 0.167. The quantitative estimate of drug-likeness (QED) is 0.270. The Bertz CT molecular complexity index is 1170. The van der Waals surface area contributed by atoms with Crippen LogP contribution in [0.4, 0.5) is 22.0 Å². The number of oxime groups is 1. The van der Waals surface area contributed by atoms with Crippen LogP contribution in [-0.2, 0) is 16.4 Å². The molecule has 32 heavy (non-hydrogen) atoms. The Labute approximate surface area is 180 Å². The molecule has 1 atom stereocenters. The van der Waals surface area contributed by atoms with Crippen LogP contribution < -0.4 is 0 Å². The van der Waals surface area contributed by atoms with Crippen LogP contribution in [0.15, 0.2) is 78.0 Å². The molecule has 0 saturated heterocycles. The minimum atomic E-state index is -4.53. The van der Waals surface area contributed by atoms with Crippen LogP contribution in [0.1, 0.15) is 39.9 Å². The minimum absolute atomic E-state index is 0.0688. The highest BCUT2D eigenvalue weighted by Crippen LogP contribution is 2.48. The van der Waals surface area contributed by atoms with Crippen LogP contribution in [0.3, 0.4) is 0 Å². The van der Waals surface area contributed by atoms with Gasteiger partial charge < -0.3 is 4.84 Å². The third kappa shape index (κ3) is 3.88. The average molecular weight is 445 g/mol. The number of alkyl halides is 3. The van der Waals surface area contributed by atoms with Crippen molar-refractivity contribution in [3.05, 3.63) is 107 Å². The molecular formula is C24H16F5NO2. The van der Waals surface area contributed by atoms with Gasteiger partial charge in [-0.05, 0) is 60.9 Å². The van der Waals surface area contributed by atoms with Crippen LogP contribution in [0.5, 0.6) is 0 Å². The molecule has 0 spiro atoms. The van der Waals surface area contributed by atoms with Crippen molar-refractivity contribution in [2.75, 3.05) is 0 Å². The fourth-order valence-corrected chi connectivity index (χ4v) is 3.86. The topological polar surface area (TPSA) is 38.7 Å². The van der Waals surface area contributed by atoms with Crippen molar-refractivity contribution in [1.29, 1.82) is 0 Å². The molecular weight excluding hydrogens is 429 g/mol. The first-order chi connectivity index (χ1) is 15.2. The number of nitrogens with zero attached hydrogens (tertiary/aromatic N) is 1. The molecule has 1 aliphatic rings. The van der Waals surface area contributed by atoms with Gasteiger partial charge in [0, 0.05) is 5.56 Å². The summed E-state index contributed by atoms with van der Waals surface area (Å²) >= 11 is 0. The van der Waals surface area contributed by atoms with E-state index in [0.29, 0.717) is 24.1 Å². The molecule has 3 nitrogen and oxygen atoms in total. The van der Waals surface area contributed by atoms with Gasteiger partial charge in [0.25, 0.3) is 0 Å². The third-order valence-electron chi connectivity index (χ3n) is 5.57. The molecule has 4 rings (SSSR count). The number of halogens is 5. The molecule has 8 heteroatoms. The molecule has 1 aliphatic carbocycles. The lowest BCUT2D eigenvalue weighted by Crippen LogP contribution is -2.47. The Morgan fingerprint density at radius 3 is 2.22 bits per heavy atom. The Balaban J connectivity index is 1.66. The zero-order valence-corrected chi connectivity index (χ0v) is 16.5. The Morgan fingerprint density at radius 1 is 0.938 bits per heavy atom. The molecule has 0 aliphatic heterocycles. The summed E-state index contributed by atoms with van der Waals surface area (Å²) in [5, 5.41) is 3.91. The van der Waals surface area contributed by atoms with E-state index in [1.54, 1.807) is 30.3 Å². The second kappa shape index (κ2) is 8.18. The van der Waals surface area contributed by atoms with E-state index in [1.165, 1.54) is 0 Å². The Morgan fingerprint density at radius 2 is 1.62 bits per heavy atom. The predicted molar refractivity (Wildman–Crippen MR) is 107 cm³/mol. The van der Waals surface area contributed by atoms with Gasteiger partial charge in [0.1, 0.15) is 11.6 Å². The summed E-state index contributed by atoms with van der Waals surface area (Å²) in [6, 6.07) is 15.4. The molecule has 164 valence electrons. The molecule has 1 unspecified atom stereocenters. The lowest BCUT2D eigenvalue weighted by atomic mass is 9.59. The lowest BCUT2D eigenvalue weighted by Gasteiger charge is -2.43. The molecule has 1 saturated carbocycles. The van der Waals surface area contributed by atoms with Crippen molar-refractivity contribution in [3.8, 4) is 0 Å². The monoisotopic (exact) mass is 445 g/mol. The standard InChI is InChI=1S/C24H16F5NO2/c25-18-10-11-20(26)19(14-18)23(16-4-2-1-3-5-16)13-12-21(23)30-32-22(31)15-6-8-17(9-7-15)24(27,28)29/h1-11,14H,12-13H2. The highest BCUT2D eigenvalue weighted by molar-refractivity contribution is 6.04. The van der Waals surface area contributed by atoms with Crippen LogP contribution in [0.2, 0.25) is 0 Å². The SMILES string of the molecule is O=C(ON=C1CCC1(c1ccccc1)c1cc(F)ccc1F)c1ccc(C(F)(F)F)cc1. The van der Waals surface area contributed by atoms with Gasteiger partial charge >= 0.3 is 12.1 Å². The molecule has 1 fully saturated rings. The number of carbonyl (C=O) groups is 1. The molecule has 3 aromatic carbocycles. The summed E-state index contributed by atoms with van der Waals surface area (Å²) in [7, 11) is 0. The van der Waals surface area contributed by atoms with Crippen molar-refractivity contribution in [1.82, 2.24) is 0 Å². The summed E-state index contributed by atoms with van der Waals surface area (Å²) < 4.78 is 66.8. The molecule has 0 amide bonds. The highest BCUT2D eigenvalue weighted by Gasteiger charge is 2.49. The summed E-state index contributed by atoms with van der Waals surface area (Å²) in [5.74, 6) is -2.21. The van der Waals surface area contributed by atoms with E-state index >= 15 is 0 Å². The minimum Gasteiger partial charge on any atom is -0.313 e. The van der Waals surface area contributed by atoms with Gasteiger partial charge in [0.05, 0.1) is 22.3 Å². The van der Waals surface area contributed by atoms with E-state index in [0.717, 1.165) is 42.5 Å². The van der Waals surface area contributed by atoms with Crippen LogP contribution in [0.25, 0.3) is 0 Å². The Kier molecular flexibility index (Phi) is 5.54. The summed E-state index contributed by atoms with van der Waals surface area (Å²) in [5.41, 5.74) is -1.10. The lowest BCUT2D eigenvalue weighted by molar-refractivity contribution is -0.137. The van der Waals surface area contributed by atoms with E-state index in [4.69, 9.17) is 4.84 Å². The molecule has 0 radical (unpaired) electrons. The van der Waals surface area contributed by atoms with Crippen molar-refractivity contribution < 1.29 is 31.6 Å². The van der Waals surface area contributed by atoms with E-state index < -0.39 is 34.8 Å². The van der Waals surface area contributed by atoms with Gasteiger partial charge in [-0.3, -0.25) is 0 Å². The van der Waals surface area contributed by atoms with Gasteiger partial charge in [0.15, 0.2) is 0 Å². The number of carbonyl (C=O) groups excluding carboxylic acids is 1. The summed E-state index contributed by atoms with van der Waals surface area (Å²) in [4.78, 5) is 17.3. The highest BCUT2D eigenvalue weighted by atomic mass is 19.4. The Hall–Kier alpha value is -3.55. The van der Waals surface area contributed by atoms with Crippen molar-refractivity contribution >= 4 is 11.7 Å². The predicted octanol–water partition coefficient (Wildman–Crippen LogP) is 6.28. The maximum Gasteiger partial charge on any atom is 0.416 e. The van der Waals surface area contributed by atoms with E-state index in [9.17, 15) is 26.7 Å². The van der Waals surface area contributed by atoms with Crippen molar-refractivity contribution in [2.24, 2.45) is 5.16 Å². The smallest absolute Gasteiger partial charge is 0.313 e. The van der Waals surface area contributed by atoms with E-state index in [1.807, 2.05) is 0 Å². The zero-order valence-electron chi connectivity index (χ0n) is 16.5. The maximum atomic E-state index is 14.7. The van der Waals surface area contributed by atoms with Crippen LogP contribution in [-0.4, -0.2) is 11.7 Å². The van der Waals surface area contributed by atoms with Gasteiger partial charge in [-0.25, -0.2) is 13.6 Å². The van der Waals surface area contributed by atoms with Crippen molar-refractivity contribution in [3.63, 3.8) is 0 Å². The van der Waals surface area contributed by atoms with Crippen LogP contribution >= 0.6 is 0 Å². The largest absolute Gasteiger partial charge is 0.416 e. The number of benzene rings is 3. The number of rotatable bonds is 4. The second-order valence-corrected chi connectivity index (χ2v) is 7.39. The van der Waals surface area contributed by atoms with E-state index in [-0.39, 0.29) is 11.1 Å². The summed E-state index contributed by atoms with van der Waals surface area (Å²) in [6.07, 6.45) is -3.75. The van der Waals surface area contributed by atoms with Gasteiger partial charge in [-0.2, -0.15) is 13.2 Å². The molecule has 0 heterocycles. The molecule has 0 aromatic heterocycles. The average Bonchev–Trinajstić information content (AvgIpc) is 2.76. The first-order valence-electron chi connectivity index (χ1n) is 9.69. The summed E-state index contributed by atoms with van der Waals surface area (Å²) in [6.45, 7) is 0. The second-order valence-electron chi connectivity index (χ2n) is 7.39. The van der Waals surface area contributed by atoms with Crippen LogP contribution in [0, 0.1) is 11.6 Å². The zero-order chi connectivity index (χ0) is 22.9. The third-order valence-corrected chi connectivity index (χ3v) is 5.57. The first-order valence-corrected chi connectivity index (χ1v) is 9.69. The van der Waals surface area contributed by atoms with Gasteiger partial charge in [-0.1, -0.05) is 35.5 Å². The van der Waals surface area contributed by atoms with Gasteiger partial charge in [-0.15, -0.1) is 0 Å². The van der Waals surface area contributed by atoms with E-state index in [2.05, 4.69) is 5.16 Å². The van der Waals surface area contributed by atoms with Gasteiger partial charge in [0.2, 0.25) is 0 Å². The molecule has 3 aromatic rings.